The number of hydrogen-bond acceptors (Lipinski definition) is 9. The zero-order chi connectivity index (χ0) is 30.7. The summed E-state index contributed by atoms with van der Waals surface area (Å²) in [7, 11) is 0. The number of amides is 2. The maximum Gasteiger partial charge on any atom is 0.410 e. The molecule has 0 unspecified atom stereocenters. The number of anilines is 3. The molecule has 2 aliphatic heterocycles. The molecule has 0 aliphatic carbocycles. The van der Waals surface area contributed by atoms with Crippen LogP contribution in [-0.2, 0) is 11.3 Å². The lowest BCUT2D eigenvalue weighted by molar-refractivity contribution is 0.0240. The number of hydrogen-bond donors (Lipinski definition) is 2. The molecular weight excluding hydrogens is 544 g/mol. The van der Waals surface area contributed by atoms with E-state index < -0.39 is 5.60 Å². The summed E-state index contributed by atoms with van der Waals surface area (Å²) in [5.74, 6) is 0.677. The highest BCUT2D eigenvalue weighted by Crippen LogP contribution is 2.30. The molecule has 3 aromatic rings. The fourth-order valence-corrected chi connectivity index (χ4v) is 5.72. The Bertz CT molecular complexity index is 1450. The molecule has 5 rings (SSSR count). The Morgan fingerprint density at radius 1 is 0.977 bits per heavy atom. The number of nitrogens with zero attached hydrogens (tertiary/aromatic N) is 6. The van der Waals surface area contributed by atoms with E-state index in [9.17, 15) is 9.59 Å². The van der Waals surface area contributed by atoms with E-state index >= 15 is 0 Å². The van der Waals surface area contributed by atoms with Gasteiger partial charge in [-0.25, -0.2) is 9.78 Å². The number of aromatic nitrogens is 2. The average Bonchev–Trinajstić information content (AvgIpc) is 2.97. The number of nitrogen functional groups attached to an aromatic ring is 1. The Kier molecular flexibility index (Phi) is 8.91. The maximum atomic E-state index is 13.6. The molecule has 2 aromatic carbocycles. The van der Waals surface area contributed by atoms with Crippen LogP contribution in [0.2, 0.25) is 0 Å². The van der Waals surface area contributed by atoms with Crippen LogP contribution in [0, 0.1) is 0 Å². The smallest absolute Gasteiger partial charge is 0.410 e. The molecule has 11 nitrogen and oxygen atoms in total. The SMILES string of the molecule is CCN(CC)C1CN(c2nc(C(=O)NCc3cccc4ccccc34)c(N)c(N3CCN(C(=O)OC(C)(C)C)CC3)n2)C1. The molecule has 2 aliphatic rings. The Labute approximate surface area is 254 Å². The van der Waals surface area contributed by atoms with E-state index in [0.717, 1.165) is 42.5 Å². The summed E-state index contributed by atoms with van der Waals surface area (Å²) in [6.45, 7) is 15.7. The highest BCUT2D eigenvalue weighted by molar-refractivity contribution is 6.00. The largest absolute Gasteiger partial charge is 0.444 e. The Morgan fingerprint density at radius 3 is 2.33 bits per heavy atom. The van der Waals surface area contributed by atoms with Crippen molar-refractivity contribution in [2.75, 3.05) is 67.9 Å². The van der Waals surface area contributed by atoms with Gasteiger partial charge in [0.25, 0.3) is 5.91 Å². The van der Waals surface area contributed by atoms with Crippen LogP contribution in [0.5, 0.6) is 0 Å². The zero-order valence-corrected chi connectivity index (χ0v) is 26.0. The molecule has 43 heavy (non-hydrogen) atoms. The predicted molar refractivity (Wildman–Crippen MR) is 171 cm³/mol. The van der Waals surface area contributed by atoms with E-state index in [1.807, 2.05) is 49.9 Å². The second kappa shape index (κ2) is 12.6. The van der Waals surface area contributed by atoms with E-state index in [-0.39, 0.29) is 23.4 Å². The number of carbonyl (C=O) groups is 2. The molecule has 0 spiro atoms. The van der Waals surface area contributed by atoms with E-state index in [2.05, 4.69) is 47.2 Å². The van der Waals surface area contributed by atoms with Crippen molar-refractivity contribution in [1.82, 2.24) is 25.1 Å². The Hall–Kier alpha value is -4.12. The number of rotatable bonds is 8. The first-order chi connectivity index (χ1) is 20.6. The minimum atomic E-state index is -0.561. The zero-order valence-electron chi connectivity index (χ0n) is 26.0. The van der Waals surface area contributed by atoms with Gasteiger partial charge in [0.2, 0.25) is 5.95 Å². The minimum Gasteiger partial charge on any atom is -0.444 e. The molecule has 3 heterocycles. The van der Waals surface area contributed by atoms with Gasteiger partial charge in [-0.3, -0.25) is 9.69 Å². The standard InChI is InChI=1S/C32H44N8O3/c1-6-37(7-2)24-20-40(21-24)30-35-27(29(41)34-19-23-13-10-12-22-11-8-9-14-25(22)23)26(33)28(36-30)38-15-17-39(18-16-38)31(42)43-32(3,4)5/h8-14,24H,6-7,15-21,33H2,1-5H3,(H,34,41). The molecule has 3 N–H and O–H groups in total. The second-order valence-corrected chi connectivity index (χ2v) is 12.2. The number of ether oxygens (including phenoxy) is 1. The number of benzene rings is 2. The van der Waals surface area contributed by atoms with Crippen molar-refractivity contribution in [1.29, 1.82) is 0 Å². The number of piperazine rings is 1. The van der Waals surface area contributed by atoms with Crippen molar-refractivity contribution in [3.63, 3.8) is 0 Å². The number of fused-ring (bicyclic) bond motifs is 1. The molecule has 2 fully saturated rings. The summed E-state index contributed by atoms with van der Waals surface area (Å²) in [5, 5.41) is 5.25. The normalized spacial score (nSPS) is 16.0. The average molecular weight is 589 g/mol. The topological polar surface area (TPSA) is 120 Å². The molecule has 0 radical (unpaired) electrons. The number of nitrogens with one attached hydrogen (secondary N) is 1. The number of nitrogens with two attached hydrogens (primary N) is 1. The molecule has 11 heteroatoms. The summed E-state index contributed by atoms with van der Waals surface area (Å²) < 4.78 is 5.56. The van der Waals surface area contributed by atoms with E-state index in [1.165, 1.54) is 0 Å². The maximum absolute atomic E-state index is 13.6. The lowest BCUT2D eigenvalue weighted by Gasteiger charge is -2.45. The first kappa shape index (κ1) is 30.3. The van der Waals surface area contributed by atoms with Gasteiger partial charge in [-0.05, 0) is 50.2 Å². The monoisotopic (exact) mass is 588 g/mol. The van der Waals surface area contributed by atoms with E-state index in [0.29, 0.717) is 50.5 Å². The molecule has 1 aromatic heterocycles. The summed E-state index contributed by atoms with van der Waals surface area (Å²) >= 11 is 0. The van der Waals surface area contributed by atoms with Gasteiger partial charge in [-0.15, -0.1) is 0 Å². The van der Waals surface area contributed by atoms with Crippen LogP contribution < -0.4 is 20.9 Å². The molecule has 2 amide bonds. The molecule has 0 atom stereocenters. The van der Waals surface area contributed by atoms with Gasteiger partial charge >= 0.3 is 6.09 Å². The summed E-state index contributed by atoms with van der Waals surface area (Å²) in [6, 6.07) is 14.6. The van der Waals surface area contributed by atoms with Crippen molar-refractivity contribution in [3.8, 4) is 0 Å². The van der Waals surface area contributed by atoms with E-state index in [4.69, 9.17) is 20.4 Å². The lowest BCUT2D eigenvalue weighted by Crippen LogP contribution is -2.60. The number of carbonyl (C=O) groups excluding carboxylic acids is 2. The van der Waals surface area contributed by atoms with Gasteiger partial charge in [-0.1, -0.05) is 56.3 Å². The first-order valence-electron chi connectivity index (χ1n) is 15.2. The van der Waals surface area contributed by atoms with Crippen LogP contribution >= 0.6 is 0 Å². The van der Waals surface area contributed by atoms with Crippen LogP contribution in [0.25, 0.3) is 10.8 Å². The van der Waals surface area contributed by atoms with Crippen LogP contribution in [0.3, 0.4) is 0 Å². The molecule has 0 bridgehead atoms. The van der Waals surface area contributed by atoms with Gasteiger partial charge in [0, 0.05) is 51.9 Å². The summed E-state index contributed by atoms with van der Waals surface area (Å²) in [6.07, 6.45) is -0.333. The van der Waals surface area contributed by atoms with Crippen molar-refractivity contribution in [2.24, 2.45) is 0 Å². The third kappa shape index (κ3) is 6.77. The minimum absolute atomic E-state index is 0.168. The quantitative estimate of drug-likeness (QED) is 0.406. The van der Waals surface area contributed by atoms with Gasteiger partial charge in [0.05, 0.1) is 0 Å². The molecule has 0 saturated carbocycles. The van der Waals surface area contributed by atoms with Gasteiger partial charge < -0.3 is 30.5 Å². The fraction of sp³-hybridized carbons (Fsp3) is 0.500. The molecule has 230 valence electrons. The van der Waals surface area contributed by atoms with Crippen molar-refractivity contribution < 1.29 is 14.3 Å². The highest BCUT2D eigenvalue weighted by Gasteiger charge is 2.35. The molecule has 2 saturated heterocycles. The fourth-order valence-electron chi connectivity index (χ4n) is 5.72. The third-order valence-corrected chi connectivity index (χ3v) is 8.15. The summed E-state index contributed by atoms with van der Waals surface area (Å²) in [5.41, 5.74) is 7.50. The van der Waals surface area contributed by atoms with Crippen LogP contribution in [-0.4, -0.2) is 95.8 Å². The van der Waals surface area contributed by atoms with Gasteiger partial charge in [-0.2, -0.15) is 4.98 Å². The van der Waals surface area contributed by atoms with Crippen LogP contribution in [0.4, 0.5) is 22.2 Å². The van der Waals surface area contributed by atoms with Crippen molar-refractivity contribution in [3.05, 3.63) is 53.7 Å². The van der Waals surface area contributed by atoms with Crippen molar-refractivity contribution in [2.45, 2.75) is 52.8 Å². The van der Waals surface area contributed by atoms with Crippen LogP contribution in [0.1, 0.15) is 50.7 Å². The first-order valence-corrected chi connectivity index (χ1v) is 15.2. The van der Waals surface area contributed by atoms with Crippen LogP contribution in [0.15, 0.2) is 42.5 Å². The van der Waals surface area contributed by atoms with E-state index in [1.54, 1.807) is 4.90 Å². The van der Waals surface area contributed by atoms with Gasteiger partial charge in [0.15, 0.2) is 11.5 Å². The van der Waals surface area contributed by atoms with Gasteiger partial charge in [0.1, 0.15) is 11.3 Å². The number of likely N-dealkylation sites (N-methyl/N-ethyl adjacent to an activating group) is 1. The van der Waals surface area contributed by atoms with Crippen molar-refractivity contribution >= 4 is 40.2 Å². The predicted octanol–water partition coefficient (Wildman–Crippen LogP) is 3.73. The summed E-state index contributed by atoms with van der Waals surface area (Å²) in [4.78, 5) is 44.1. The third-order valence-electron chi connectivity index (χ3n) is 8.15. The lowest BCUT2D eigenvalue weighted by atomic mass is 10.0. The Balaban J connectivity index is 1.37. The highest BCUT2D eigenvalue weighted by atomic mass is 16.6. The molecular formula is C32H44N8O3. The second-order valence-electron chi connectivity index (χ2n) is 12.2. The Morgan fingerprint density at radius 2 is 1.65 bits per heavy atom.